The lowest BCUT2D eigenvalue weighted by molar-refractivity contribution is -0.209. The number of esters is 2. The van der Waals surface area contributed by atoms with Crippen LogP contribution in [0.3, 0.4) is 0 Å². The minimum Gasteiger partial charge on any atom is -0.459 e. The molecule has 0 bridgehead atoms. The zero-order chi connectivity index (χ0) is 35.5. The molecule has 0 aromatic rings. The molecule has 0 radical (unpaired) electrons. The highest BCUT2D eigenvalue weighted by atomic mass is 16.6. The van der Waals surface area contributed by atoms with E-state index in [2.05, 4.69) is 44.8 Å². The summed E-state index contributed by atoms with van der Waals surface area (Å²) in [6, 6.07) is 0. The van der Waals surface area contributed by atoms with Gasteiger partial charge in [-0.3, -0.25) is 14.5 Å². The zero-order valence-corrected chi connectivity index (χ0v) is 31.4. The Labute approximate surface area is 287 Å². The van der Waals surface area contributed by atoms with Crippen molar-refractivity contribution in [2.45, 2.75) is 174 Å². The van der Waals surface area contributed by atoms with Crippen LogP contribution in [0.1, 0.15) is 128 Å². The molecular formula is C38H62N2O8. The van der Waals surface area contributed by atoms with Crippen molar-refractivity contribution in [1.29, 1.82) is 0 Å². The quantitative estimate of drug-likeness (QED) is 0.267. The van der Waals surface area contributed by atoms with Gasteiger partial charge in [0.25, 0.3) is 0 Å². The van der Waals surface area contributed by atoms with Gasteiger partial charge in [-0.05, 0) is 140 Å². The summed E-state index contributed by atoms with van der Waals surface area (Å²) in [4.78, 5) is 39.8. The maximum absolute atomic E-state index is 12.9. The fraction of sp³-hybridized carbons (Fsp3) is 0.921. The van der Waals surface area contributed by atoms with Crippen LogP contribution in [-0.2, 0) is 28.5 Å². The molecule has 6 rings (SSSR count). The van der Waals surface area contributed by atoms with Crippen LogP contribution in [-0.4, -0.2) is 87.8 Å². The first kappa shape index (κ1) is 35.9. The molecule has 48 heavy (non-hydrogen) atoms. The molecule has 3 aliphatic heterocycles. The Balaban J connectivity index is 1.17. The van der Waals surface area contributed by atoms with Crippen molar-refractivity contribution >= 4 is 18.0 Å². The van der Waals surface area contributed by atoms with E-state index in [1.165, 1.54) is 26.2 Å². The van der Waals surface area contributed by atoms with Gasteiger partial charge in [0.2, 0.25) is 0 Å². The predicted octanol–water partition coefficient (Wildman–Crippen LogP) is 5.77. The van der Waals surface area contributed by atoms with Gasteiger partial charge in [0.05, 0.1) is 23.3 Å². The van der Waals surface area contributed by atoms with E-state index in [9.17, 15) is 19.5 Å². The van der Waals surface area contributed by atoms with E-state index in [0.29, 0.717) is 17.8 Å². The SMILES string of the molecule is CC(=O)O[C@@H](C1CC(C)C2C(C[C@@]3(C)[C@@H]4CCN5C(C)(C)[C@@H](OC(=O)CNC(=O)OC(C)(C)C)CC[C@@]56C[C@@]46CC[C@]23C)O1)C(C)(C)O. The number of carbonyl (C=O) groups is 3. The van der Waals surface area contributed by atoms with Gasteiger partial charge < -0.3 is 29.4 Å². The van der Waals surface area contributed by atoms with E-state index in [1.807, 2.05) is 0 Å². The van der Waals surface area contributed by atoms with Gasteiger partial charge in [0.15, 0.2) is 6.10 Å². The number of nitrogens with one attached hydrogen (secondary N) is 1. The lowest BCUT2D eigenvalue weighted by Gasteiger charge is -2.64. The van der Waals surface area contributed by atoms with Gasteiger partial charge in [-0.25, -0.2) is 4.79 Å². The lowest BCUT2D eigenvalue weighted by Crippen LogP contribution is -2.68. The maximum atomic E-state index is 12.9. The predicted molar refractivity (Wildman–Crippen MR) is 180 cm³/mol. The molecule has 10 nitrogen and oxygen atoms in total. The van der Waals surface area contributed by atoms with Crippen LogP contribution < -0.4 is 5.32 Å². The summed E-state index contributed by atoms with van der Waals surface area (Å²) in [7, 11) is 0. The number of ether oxygens (including phenoxy) is 4. The Kier molecular flexibility index (Phi) is 8.45. The van der Waals surface area contributed by atoms with E-state index < -0.39 is 35.3 Å². The number of nitrogens with zero attached hydrogens (tertiary/aromatic N) is 1. The normalized spacial score (nSPS) is 43.7. The summed E-state index contributed by atoms with van der Waals surface area (Å²) in [5, 5.41) is 13.5. The Morgan fingerprint density at radius 2 is 1.71 bits per heavy atom. The molecule has 11 atom stereocenters. The number of hydrogen-bond acceptors (Lipinski definition) is 9. The second-order valence-corrected chi connectivity index (χ2v) is 19.1. The summed E-state index contributed by atoms with van der Waals surface area (Å²) in [5.74, 6) is 0.558. The van der Waals surface area contributed by atoms with Crippen molar-refractivity contribution in [2.75, 3.05) is 13.1 Å². The molecule has 6 aliphatic rings. The van der Waals surface area contributed by atoms with E-state index in [1.54, 1.807) is 34.6 Å². The van der Waals surface area contributed by atoms with Crippen LogP contribution in [0.4, 0.5) is 4.79 Å². The van der Waals surface area contributed by atoms with Crippen molar-refractivity contribution in [3.05, 3.63) is 0 Å². The van der Waals surface area contributed by atoms with Crippen molar-refractivity contribution < 1.29 is 38.4 Å². The first-order valence-electron chi connectivity index (χ1n) is 18.5. The van der Waals surface area contributed by atoms with Gasteiger partial charge in [-0.15, -0.1) is 0 Å². The molecule has 2 N–H and O–H groups in total. The number of fused-ring (bicyclic) bond motifs is 4. The molecule has 10 heteroatoms. The molecule has 272 valence electrons. The number of carbonyl (C=O) groups excluding carboxylic acids is 3. The first-order chi connectivity index (χ1) is 22.0. The fourth-order valence-corrected chi connectivity index (χ4v) is 12.5. The second-order valence-electron chi connectivity index (χ2n) is 19.1. The third-order valence-corrected chi connectivity index (χ3v) is 14.4. The van der Waals surface area contributed by atoms with Crippen molar-refractivity contribution in [3.63, 3.8) is 0 Å². The third-order valence-electron chi connectivity index (χ3n) is 14.4. The smallest absolute Gasteiger partial charge is 0.408 e. The Bertz CT molecular complexity index is 1320. The van der Waals surface area contributed by atoms with Crippen LogP contribution in [0.5, 0.6) is 0 Å². The van der Waals surface area contributed by atoms with Crippen LogP contribution >= 0.6 is 0 Å². The summed E-state index contributed by atoms with van der Waals surface area (Å²) in [6.07, 6.45) is 6.41. The molecule has 6 fully saturated rings. The van der Waals surface area contributed by atoms with Crippen molar-refractivity contribution in [2.24, 2.45) is 34.0 Å². The average Bonchev–Trinajstić information content (AvgIpc) is 3.53. The summed E-state index contributed by atoms with van der Waals surface area (Å²) < 4.78 is 24.0. The van der Waals surface area contributed by atoms with E-state index in [0.717, 1.165) is 38.6 Å². The summed E-state index contributed by atoms with van der Waals surface area (Å²) in [6.45, 7) is 22.8. The van der Waals surface area contributed by atoms with E-state index >= 15 is 0 Å². The standard InChI is InChI=1S/C38H62N2O8/c1-22-18-24(30(34(8,9)44)45-23(2)41)46-25-19-36(11)26-13-17-40-33(6,7)27(47-28(42)20-39-31(43)48-32(3,4)5)12-14-38(40)21-37(26,38)16-15-35(36,10)29(22)25/h22,24-27,29-30,44H,12-21H2,1-11H3,(H,39,43)/t22?,24?,25?,26-,27-,29?,30-,35+,36-,37-,38-/m0/s1. The van der Waals surface area contributed by atoms with Crippen molar-refractivity contribution in [3.8, 4) is 0 Å². The highest BCUT2D eigenvalue weighted by Crippen LogP contribution is 2.84. The Morgan fingerprint density at radius 1 is 1.02 bits per heavy atom. The number of hydrogen-bond donors (Lipinski definition) is 2. The lowest BCUT2D eigenvalue weighted by atomic mass is 9.45. The summed E-state index contributed by atoms with van der Waals surface area (Å²) in [5.41, 5.74) is -1.56. The maximum Gasteiger partial charge on any atom is 0.408 e. The molecule has 0 aromatic heterocycles. The number of amides is 1. The molecule has 3 saturated carbocycles. The topological polar surface area (TPSA) is 124 Å². The number of aliphatic hydroxyl groups is 1. The fourth-order valence-electron chi connectivity index (χ4n) is 12.5. The molecular weight excluding hydrogens is 612 g/mol. The first-order valence-corrected chi connectivity index (χ1v) is 18.5. The molecule has 4 unspecified atom stereocenters. The number of rotatable bonds is 6. The van der Waals surface area contributed by atoms with Gasteiger partial charge in [0.1, 0.15) is 18.2 Å². The summed E-state index contributed by atoms with van der Waals surface area (Å²) >= 11 is 0. The third kappa shape index (κ3) is 5.40. The molecule has 3 heterocycles. The van der Waals surface area contributed by atoms with Gasteiger partial charge in [0, 0.05) is 12.5 Å². The Morgan fingerprint density at radius 3 is 2.33 bits per heavy atom. The van der Waals surface area contributed by atoms with Gasteiger partial charge in [-0.1, -0.05) is 20.8 Å². The zero-order valence-electron chi connectivity index (χ0n) is 31.4. The molecule has 1 amide bonds. The van der Waals surface area contributed by atoms with Crippen LogP contribution in [0.25, 0.3) is 0 Å². The molecule has 3 saturated heterocycles. The number of alkyl carbamates (subject to hydrolysis) is 1. The average molecular weight is 675 g/mol. The monoisotopic (exact) mass is 674 g/mol. The van der Waals surface area contributed by atoms with E-state index in [4.69, 9.17) is 18.9 Å². The van der Waals surface area contributed by atoms with Crippen LogP contribution in [0.15, 0.2) is 0 Å². The van der Waals surface area contributed by atoms with E-state index in [-0.39, 0.29) is 52.2 Å². The molecule has 2 spiro atoms. The minimum atomic E-state index is -1.20. The minimum absolute atomic E-state index is 0.0675. The van der Waals surface area contributed by atoms with Gasteiger partial charge in [-0.2, -0.15) is 0 Å². The molecule has 3 aliphatic carbocycles. The molecule has 0 aromatic carbocycles. The van der Waals surface area contributed by atoms with Crippen LogP contribution in [0, 0.1) is 34.0 Å². The van der Waals surface area contributed by atoms with Gasteiger partial charge >= 0.3 is 18.0 Å². The number of piperidine rings is 2. The van der Waals surface area contributed by atoms with Crippen molar-refractivity contribution in [1.82, 2.24) is 10.2 Å². The second kappa shape index (κ2) is 11.3. The highest BCUT2D eigenvalue weighted by Gasteiger charge is 2.83. The highest BCUT2D eigenvalue weighted by molar-refractivity contribution is 5.78. The largest absolute Gasteiger partial charge is 0.459 e. The Hall–Kier alpha value is -1.91. The van der Waals surface area contributed by atoms with Crippen LogP contribution in [0.2, 0.25) is 0 Å².